The maximum atomic E-state index is 13.4. The van der Waals surface area contributed by atoms with Crippen LogP contribution >= 0.6 is 27.7 Å². The number of rotatable bonds is 5. The number of anilines is 2. The van der Waals surface area contributed by atoms with Gasteiger partial charge < -0.3 is 5.32 Å². The van der Waals surface area contributed by atoms with Gasteiger partial charge in [0, 0.05) is 15.8 Å². The summed E-state index contributed by atoms with van der Waals surface area (Å²) in [5.41, 5.74) is 2.11. The van der Waals surface area contributed by atoms with Crippen LogP contribution < -0.4 is 10.2 Å². The summed E-state index contributed by atoms with van der Waals surface area (Å²) < 4.78 is 0.880. The van der Waals surface area contributed by atoms with Gasteiger partial charge in [-0.1, -0.05) is 76.2 Å². The Labute approximate surface area is 198 Å². The highest BCUT2D eigenvalue weighted by atomic mass is 79.9. The van der Waals surface area contributed by atoms with E-state index in [1.807, 2.05) is 54.6 Å². The molecule has 1 fully saturated rings. The first-order valence-corrected chi connectivity index (χ1v) is 11.5. The SMILES string of the molecule is N#C/C(C(=O)Nc1ccc(Br)cc1)=C1/SC(Cc2ccccc2)C(=O)N1c1ccccc1. The quantitative estimate of drug-likeness (QED) is 0.367. The van der Waals surface area contributed by atoms with Crippen LogP contribution in [0, 0.1) is 11.3 Å². The van der Waals surface area contributed by atoms with Gasteiger partial charge in [-0.25, -0.2) is 0 Å². The minimum absolute atomic E-state index is 0.0920. The average Bonchev–Trinajstić information content (AvgIpc) is 3.12. The highest BCUT2D eigenvalue weighted by Crippen LogP contribution is 2.42. The Balaban J connectivity index is 1.70. The van der Waals surface area contributed by atoms with Crippen molar-refractivity contribution in [3.63, 3.8) is 0 Å². The van der Waals surface area contributed by atoms with Gasteiger partial charge in [-0.2, -0.15) is 5.26 Å². The van der Waals surface area contributed by atoms with Gasteiger partial charge in [0.05, 0.1) is 5.25 Å². The number of nitriles is 1. The number of para-hydroxylation sites is 1. The molecular weight excluding hydrogens is 486 g/mol. The fraction of sp³-hybridized carbons (Fsp3) is 0.0800. The zero-order chi connectivity index (χ0) is 22.5. The zero-order valence-electron chi connectivity index (χ0n) is 16.9. The van der Waals surface area contributed by atoms with Crippen molar-refractivity contribution in [2.75, 3.05) is 10.2 Å². The second kappa shape index (κ2) is 9.86. The van der Waals surface area contributed by atoms with E-state index in [1.54, 1.807) is 36.4 Å². The molecule has 2 amide bonds. The van der Waals surface area contributed by atoms with Crippen molar-refractivity contribution >= 4 is 50.9 Å². The maximum absolute atomic E-state index is 13.4. The molecule has 1 N–H and O–H groups in total. The molecule has 32 heavy (non-hydrogen) atoms. The van der Waals surface area contributed by atoms with Crippen molar-refractivity contribution in [2.24, 2.45) is 0 Å². The standard InChI is InChI=1S/C25H18BrN3O2S/c26-18-11-13-19(14-12-18)28-23(30)21(16-27)25-29(20-9-5-2-6-10-20)24(31)22(32-25)15-17-7-3-1-4-8-17/h1-14,22H,15H2,(H,28,30)/b25-21-. The van der Waals surface area contributed by atoms with E-state index in [4.69, 9.17) is 0 Å². The van der Waals surface area contributed by atoms with Crippen LogP contribution in [0.15, 0.2) is 100 Å². The van der Waals surface area contributed by atoms with Gasteiger partial charge in [-0.15, -0.1) is 0 Å². The van der Waals surface area contributed by atoms with E-state index in [9.17, 15) is 14.9 Å². The number of benzene rings is 3. The molecule has 158 valence electrons. The lowest BCUT2D eigenvalue weighted by Gasteiger charge is -2.18. The number of hydrogen-bond acceptors (Lipinski definition) is 4. The third-order valence-electron chi connectivity index (χ3n) is 4.89. The molecule has 0 spiro atoms. The van der Waals surface area contributed by atoms with Crippen LogP contribution in [0.5, 0.6) is 0 Å². The normalized spacial score (nSPS) is 17.1. The van der Waals surface area contributed by atoms with Crippen LogP contribution in [0.3, 0.4) is 0 Å². The van der Waals surface area contributed by atoms with Gasteiger partial charge in [-0.05, 0) is 48.4 Å². The number of hydrogen-bond donors (Lipinski definition) is 1. The Hall–Kier alpha value is -3.34. The van der Waals surface area contributed by atoms with Gasteiger partial charge >= 0.3 is 0 Å². The Bertz CT molecular complexity index is 1210. The largest absolute Gasteiger partial charge is 0.321 e. The van der Waals surface area contributed by atoms with E-state index in [1.165, 1.54) is 16.7 Å². The number of halogens is 1. The molecule has 3 aromatic rings. The third kappa shape index (κ3) is 4.77. The average molecular weight is 504 g/mol. The number of nitrogens with one attached hydrogen (secondary N) is 1. The van der Waals surface area contributed by atoms with Crippen molar-refractivity contribution in [1.29, 1.82) is 5.26 Å². The number of carbonyl (C=O) groups excluding carboxylic acids is 2. The van der Waals surface area contributed by atoms with Gasteiger partial charge in [0.1, 0.15) is 16.7 Å². The summed E-state index contributed by atoms with van der Waals surface area (Å²) in [5, 5.41) is 12.5. The van der Waals surface area contributed by atoms with Crippen molar-refractivity contribution < 1.29 is 9.59 Å². The zero-order valence-corrected chi connectivity index (χ0v) is 19.3. The number of nitrogens with zero attached hydrogens (tertiary/aromatic N) is 2. The van der Waals surface area contributed by atoms with E-state index >= 15 is 0 Å². The maximum Gasteiger partial charge on any atom is 0.269 e. The van der Waals surface area contributed by atoms with Crippen LogP contribution in [0.25, 0.3) is 0 Å². The summed E-state index contributed by atoms with van der Waals surface area (Å²) in [7, 11) is 0. The molecule has 1 heterocycles. The Kier molecular flexibility index (Phi) is 6.74. The van der Waals surface area contributed by atoms with E-state index in [2.05, 4.69) is 21.2 Å². The van der Waals surface area contributed by atoms with Crippen LogP contribution in [0.2, 0.25) is 0 Å². The first-order valence-electron chi connectivity index (χ1n) is 9.87. The van der Waals surface area contributed by atoms with Crippen molar-refractivity contribution in [1.82, 2.24) is 0 Å². The molecule has 0 aromatic heterocycles. The molecule has 0 bridgehead atoms. The van der Waals surface area contributed by atoms with Crippen LogP contribution in [-0.2, 0) is 16.0 Å². The summed E-state index contributed by atoms with van der Waals surface area (Å²) in [4.78, 5) is 27.9. The van der Waals surface area contributed by atoms with E-state index in [-0.39, 0.29) is 11.5 Å². The molecule has 0 radical (unpaired) electrons. The van der Waals surface area contributed by atoms with E-state index in [0.29, 0.717) is 22.8 Å². The number of thioether (sulfide) groups is 1. The molecular formula is C25H18BrN3O2S. The predicted octanol–water partition coefficient (Wildman–Crippen LogP) is 5.51. The Morgan fingerprint density at radius 1 is 1.00 bits per heavy atom. The van der Waals surface area contributed by atoms with Crippen molar-refractivity contribution in [2.45, 2.75) is 11.7 Å². The first kappa shape index (κ1) is 21.9. The van der Waals surface area contributed by atoms with Crippen LogP contribution in [-0.4, -0.2) is 17.1 Å². The highest BCUT2D eigenvalue weighted by molar-refractivity contribution is 9.10. The summed E-state index contributed by atoms with van der Waals surface area (Å²) in [6.07, 6.45) is 0.504. The molecule has 4 rings (SSSR count). The molecule has 0 aliphatic carbocycles. The summed E-state index contributed by atoms with van der Waals surface area (Å²) in [5.74, 6) is -0.698. The lowest BCUT2D eigenvalue weighted by molar-refractivity contribution is -0.117. The highest BCUT2D eigenvalue weighted by Gasteiger charge is 2.40. The smallest absolute Gasteiger partial charge is 0.269 e. The molecule has 1 aliphatic heterocycles. The molecule has 5 nitrogen and oxygen atoms in total. The predicted molar refractivity (Wildman–Crippen MR) is 131 cm³/mol. The second-order valence-corrected chi connectivity index (χ2v) is 9.17. The molecule has 1 saturated heterocycles. The van der Waals surface area contributed by atoms with Gasteiger partial charge in [-0.3, -0.25) is 14.5 Å². The number of carbonyl (C=O) groups is 2. The molecule has 3 aromatic carbocycles. The second-order valence-electron chi connectivity index (χ2n) is 7.06. The van der Waals surface area contributed by atoms with Crippen molar-refractivity contribution in [3.8, 4) is 6.07 Å². The summed E-state index contributed by atoms with van der Waals surface area (Å²) >= 11 is 4.62. The first-order chi connectivity index (χ1) is 15.6. The summed E-state index contributed by atoms with van der Waals surface area (Å²) in [6.45, 7) is 0. The Morgan fingerprint density at radius 3 is 2.25 bits per heavy atom. The monoisotopic (exact) mass is 503 g/mol. The van der Waals surface area contributed by atoms with E-state index in [0.717, 1.165) is 10.0 Å². The van der Waals surface area contributed by atoms with Gasteiger partial charge in [0.15, 0.2) is 0 Å². The molecule has 1 unspecified atom stereocenters. The van der Waals surface area contributed by atoms with Gasteiger partial charge in [0.2, 0.25) is 5.91 Å². The summed E-state index contributed by atoms with van der Waals surface area (Å²) in [6, 6.07) is 27.9. The molecule has 7 heteroatoms. The molecule has 0 saturated carbocycles. The Morgan fingerprint density at radius 2 is 1.62 bits per heavy atom. The molecule has 1 aliphatic rings. The fourth-order valence-electron chi connectivity index (χ4n) is 3.35. The number of amides is 2. The third-order valence-corrected chi connectivity index (χ3v) is 6.68. The van der Waals surface area contributed by atoms with Gasteiger partial charge in [0.25, 0.3) is 5.91 Å². The lowest BCUT2D eigenvalue weighted by Crippen LogP contribution is -2.30. The molecule has 1 atom stereocenters. The minimum atomic E-state index is -0.550. The fourth-order valence-corrected chi connectivity index (χ4v) is 4.93. The van der Waals surface area contributed by atoms with Crippen LogP contribution in [0.1, 0.15) is 5.56 Å². The van der Waals surface area contributed by atoms with Crippen LogP contribution in [0.4, 0.5) is 11.4 Å². The van der Waals surface area contributed by atoms with E-state index < -0.39 is 11.2 Å². The topological polar surface area (TPSA) is 73.2 Å². The lowest BCUT2D eigenvalue weighted by atomic mass is 10.1. The minimum Gasteiger partial charge on any atom is -0.321 e. The van der Waals surface area contributed by atoms with Crippen molar-refractivity contribution in [3.05, 3.63) is 106 Å².